The van der Waals surface area contributed by atoms with Crippen LogP contribution in [0.5, 0.6) is 0 Å². The van der Waals surface area contributed by atoms with Crippen molar-refractivity contribution in [2.24, 2.45) is 0 Å². The zero-order chi connectivity index (χ0) is 22.6. The molecule has 0 radical (unpaired) electrons. The quantitative estimate of drug-likeness (QED) is 0.621. The third kappa shape index (κ3) is 7.49. The Hall–Kier alpha value is -3.21. The van der Waals surface area contributed by atoms with Crippen LogP contribution >= 0.6 is 0 Å². The van der Waals surface area contributed by atoms with E-state index in [-0.39, 0.29) is 31.1 Å². The summed E-state index contributed by atoms with van der Waals surface area (Å²) in [6, 6.07) is 19.2. The Labute approximate surface area is 189 Å². The predicted octanol–water partition coefficient (Wildman–Crippen LogP) is 3.23. The highest BCUT2D eigenvalue weighted by atomic mass is 16.5. The molecule has 2 aromatic rings. The maximum atomic E-state index is 12.7. The van der Waals surface area contributed by atoms with E-state index in [4.69, 9.17) is 10.00 Å². The van der Waals surface area contributed by atoms with Crippen LogP contribution in [-0.4, -0.2) is 56.1 Å². The molecule has 32 heavy (non-hydrogen) atoms. The van der Waals surface area contributed by atoms with Crippen LogP contribution in [0.3, 0.4) is 0 Å². The molecule has 7 nitrogen and oxygen atoms in total. The summed E-state index contributed by atoms with van der Waals surface area (Å²) in [4.78, 5) is 29.0. The van der Waals surface area contributed by atoms with E-state index in [1.807, 2.05) is 54.6 Å². The predicted molar refractivity (Wildman–Crippen MR) is 124 cm³/mol. The number of hydrogen-bond donors (Lipinski definition) is 1. The van der Waals surface area contributed by atoms with Gasteiger partial charge in [-0.2, -0.15) is 5.26 Å². The molecule has 0 saturated carbocycles. The molecule has 0 aromatic heterocycles. The zero-order valence-electron chi connectivity index (χ0n) is 18.3. The lowest BCUT2D eigenvalue weighted by Gasteiger charge is -2.26. The van der Waals surface area contributed by atoms with Crippen molar-refractivity contribution in [2.75, 3.05) is 49.6 Å². The molecule has 1 aliphatic rings. The number of amides is 2. The molecule has 1 heterocycles. The molecular weight excluding hydrogens is 404 g/mol. The highest BCUT2D eigenvalue weighted by Gasteiger charge is 2.17. The molecule has 0 unspecified atom stereocenters. The van der Waals surface area contributed by atoms with Crippen LogP contribution < -0.4 is 10.2 Å². The monoisotopic (exact) mass is 434 g/mol. The van der Waals surface area contributed by atoms with Gasteiger partial charge in [0.1, 0.15) is 0 Å². The van der Waals surface area contributed by atoms with Crippen molar-refractivity contribution >= 4 is 23.2 Å². The molecular formula is C25H30N4O3. The normalized spacial score (nSPS) is 13.8. The van der Waals surface area contributed by atoms with Crippen LogP contribution in [0.2, 0.25) is 0 Å². The first-order valence-electron chi connectivity index (χ1n) is 11.1. The minimum absolute atomic E-state index is 0.0871. The van der Waals surface area contributed by atoms with Gasteiger partial charge in [-0.05, 0) is 36.2 Å². The first kappa shape index (κ1) is 23.5. The highest BCUT2D eigenvalue weighted by molar-refractivity contribution is 5.98. The summed E-state index contributed by atoms with van der Waals surface area (Å²) in [7, 11) is 0. The van der Waals surface area contributed by atoms with E-state index >= 15 is 0 Å². The van der Waals surface area contributed by atoms with Gasteiger partial charge >= 0.3 is 0 Å². The largest absolute Gasteiger partial charge is 0.379 e. The molecule has 168 valence electrons. The van der Waals surface area contributed by atoms with Crippen LogP contribution in [0.15, 0.2) is 54.6 Å². The maximum absolute atomic E-state index is 12.7. The zero-order valence-corrected chi connectivity index (χ0v) is 18.3. The lowest BCUT2D eigenvalue weighted by Crippen LogP contribution is -2.37. The fourth-order valence-electron chi connectivity index (χ4n) is 3.61. The van der Waals surface area contributed by atoms with Crippen molar-refractivity contribution < 1.29 is 14.3 Å². The SMILES string of the molecule is N#CCCN(C(=O)CCC(=O)Nc1ccc(CCN2CCOCC2)cc1)c1ccccc1. The molecule has 2 aromatic carbocycles. The minimum atomic E-state index is -0.201. The summed E-state index contributed by atoms with van der Waals surface area (Å²) < 4.78 is 5.37. The van der Waals surface area contributed by atoms with E-state index in [2.05, 4.69) is 16.3 Å². The Balaban J connectivity index is 1.45. The van der Waals surface area contributed by atoms with Gasteiger partial charge in [0, 0.05) is 50.4 Å². The number of nitrogens with one attached hydrogen (secondary N) is 1. The summed E-state index contributed by atoms with van der Waals surface area (Å²) in [6.45, 7) is 4.87. The van der Waals surface area contributed by atoms with Gasteiger partial charge in [-0.15, -0.1) is 0 Å². The van der Waals surface area contributed by atoms with Gasteiger partial charge in [-0.3, -0.25) is 14.5 Å². The number of nitriles is 1. The third-order valence-electron chi connectivity index (χ3n) is 5.44. The van der Waals surface area contributed by atoms with Crippen molar-refractivity contribution in [1.82, 2.24) is 4.90 Å². The van der Waals surface area contributed by atoms with E-state index in [1.165, 1.54) is 5.56 Å². The standard InChI is InChI=1S/C25H30N4O3/c26-14-4-15-29(23-5-2-1-3-6-23)25(31)12-11-24(30)27-22-9-7-21(8-10-22)13-16-28-17-19-32-20-18-28/h1-3,5-10H,4,11-13,15-20H2,(H,27,30). The number of nitrogens with zero attached hydrogens (tertiary/aromatic N) is 3. The summed E-state index contributed by atoms with van der Waals surface area (Å²) >= 11 is 0. The molecule has 0 atom stereocenters. The Kier molecular flexibility index (Phi) is 9.23. The van der Waals surface area contributed by atoms with Gasteiger partial charge in [-0.1, -0.05) is 30.3 Å². The van der Waals surface area contributed by atoms with Gasteiger partial charge in [0.25, 0.3) is 0 Å². The number of para-hydroxylation sites is 1. The summed E-state index contributed by atoms with van der Waals surface area (Å²) in [6.07, 6.45) is 1.38. The number of ether oxygens (including phenoxy) is 1. The fraction of sp³-hybridized carbons (Fsp3) is 0.400. The lowest BCUT2D eigenvalue weighted by molar-refractivity contribution is -0.122. The van der Waals surface area contributed by atoms with Crippen molar-refractivity contribution in [3.63, 3.8) is 0 Å². The summed E-state index contributed by atoms with van der Waals surface area (Å²) in [5.74, 6) is -0.368. The fourth-order valence-corrected chi connectivity index (χ4v) is 3.61. The molecule has 1 saturated heterocycles. The van der Waals surface area contributed by atoms with E-state index < -0.39 is 0 Å². The Morgan fingerprint density at radius 2 is 1.75 bits per heavy atom. The molecule has 7 heteroatoms. The van der Waals surface area contributed by atoms with E-state index in [1.54, 1.807) is 4.90 Å². The first-order valence-corrected chi connectivity index (χ1v) is 11.1. The van der Waals surface area contributed by atoms with Gasteiger partial charge in [0.2, 0.25) is 11.8 Å². The number of hydrogen-bond acceptors (Lipinski definition) is 5. The Morgan fingerprint density at radius 3 is 2.44 bits per heavy atom. The van der Waals surface area contributed by atoms with Crippen LogP contribution in [0, 0.1) is 11.3 Å². The summed E-state index contributed by atoms with van der Waals surface area (Å²) in [5.41, 5.74) is 2.68. The number of carbonyl (C=O) groups is 2. The number of carbonyl (C=O) groups excluding carboxylic acids is 2. The second-order valence-electron chi connectivity index (χ2n) is 7.74. The topological polar surface area (TPSA) is 85.7 Å². The molecule has 3 rings (SSSR count). The van der Waals surface area contributed by atoms with Crippen molar-refractivity contribution in [1.29, 1.82) is 5.26 Å². The second-order valence-corrected chi connectivity index (χ2v) is 7.74. The first-order chi connectivity index (χ1) is 15.7. The van der Waals surface area contributed by atoms with Crippen LogP contribution in [-0.2, 0) is 20.7 Å². The molecule has 2 amide bonds. The second kappa shape index (κ2) is 12.6. The number of morpholine rings is 1. The van der Waals surface area contributed by atoms with Crippen molar-refractivity contribution in [3.05, 3.63) is 60.2 Å². The number of rotatable bonds is 10. The Morgan fingerprint density at radius 1 is 1.03 bits per heavy atom. The maximum Gasteiger partial charge on any atom is 0.227 e. The summed E-state index contributed by atoms with van der Waals surface area (Å²) in [5, 5.41) is 11.7. The molecule has 0 bridgehead atoms. The van der Waals surface area contributed by atoms with Crippen LogP contribution in [0.1, 0.15) is 24.8 Å². The van der Waals surface area contributed by atoms with Gasteiger partial charge < -0.3 is 15.0 Å². The molecule has 1 fully saturated rings. The molecule has 0 spiro atoms. The average Bonchev–Trinajstić information content (AvgIpc) is 2.84. The van der Waals surface area contributed by atoms with Crippen LogP contribution in [0.25, 0.3) is 0 Å². The number of benzene rings is 2. The number of anilines is 2. The smallest absolute Gasteiger partial charge is 0.227 e. The molecule has 0 aliphatic carbocycles. The van der Waals surface area contributed by atoms with Gasteiger partial charge in [0.15, 0.2) is 0 Å². The van der Waals surface area contributed by atoms with Crippen molar-refractivity contribution in [3.8, 4) is 6.07 Å². The highest BCUT2D eigenvalue weighted by Crippen LogP contribution is 2.16. The third-order valence-corrected chi connectivity index (χ3v) is 5.44. The molecule has 1 N–H and O–H groups in total. The Bertz CT molecular complexity index is 903. The van der Waals surface area contributed by atoms with E-state index in [0.717, 1.165) is 50.6 Å². The van der Waals surface area contributed by atoms with Crippen LogP contribution in [0.4, 0.5) is 11.4 Å². The molecule has 1 aliphatic heterocycles. The van der Waals surface area contributed by atoms with E-state index in [9.17, 15) is 9.59 Å². The average molecular weight is 435 g/mol. The van der Waals surface area contributed by atoms with Gasteiger partial charge in [-0.25, -0.2) is 0 Å². The van der Waals surface area contributed by atoms with E-state index in [0.29, 0.717) is 6.54 Å². The lowest BCUT2D eigenvalue weighted by atomic mass is 10.1. The van der Waals surface area contributed by atoms with Gasteiger partial charge in [0.05, 0.1) is 25.7 Å². The minimum Gasteiger partial charge on any atom is -0.379 e. The van der Waals surface area contributed by atoms with Crippen molar-refractivity contribution in [2.45, 2.75) is 25.7 Å².